The van der Waals surface area contributed by atoms with Crippen LogP contribution >= 0.6 is 0 Å². The fourth-order valence-corrected chi connectivity index (χ4v) is 2.03. The summed E-state index contributed by atoms with van der Waals surface area (Å²) in [6, 6.07) is 3.86. The molecule has 0 atom stereocenters. The fraction of sp³-hybridized carbons (Fsp3) is 0.583. The van der Waals surface area contributed by atoms with Gasteiger partial charge in [-0.1, -0.05) is 6.42 Å². The molecule has 3 nitrogen and oxygen atoms in total. The minimum absolute atomic E-state index is 0.338. The molecule has 2 rings (SSSR count). The number of anilines is 1. The summed E-state index contributed by atoms with van der Waals surface area (Å²) < 4.78 is 5.85. The van der Waals surface area contributed by atoms with Crippen molar-refractivity contribution in [1.82, 2.24) is 4.98 Å². The second-order valence-electron chi connectivity index (χ2n) is 4.21. The largest absolute Gasteiger partial charge is 0.487 e. The second-order valence-corrected chi connectivity index (χ2v) is 4.21. The van der Waals surface area contributed by atoms with Crippen molar-refractivity contribution in [3.63, 3.8) is 0 Å². The molecule has 1 saturated carbocycles. The van der Waals surface area contributed by atoms with Crippen LogP contribution in [0.3, 0.4) is 0 Å². The van der Waals surface area contributed by atoms with Crippen molar-refractivity contribution in [2.45, 2.75) is 45.1 Å². The Morgan fingerprint density at radius 2 is 2.00 bits per heavy atom. The summed E-state index contributed by atoms with van der Waals surface area (Å²) in [5, 5.41) is 0. The summed E-state index contributed by atoms with van der Waals surface area (Å²) in [5.41, 5.74) is 6.74. The Kier molecular flexibility index (Phi) is 3.09. The predicted molar refractivity (Wildman–Crippen MR) is 60.9 cm³/mol. The number of nitrogen functional groups attached to an aromatic ring is 1. The first kappa shape index (κ1) is 10.3. The van der Waals surface area contributed by atoms with Gasteiger partial charge in [-0.2, -0.15) is 0 Å². The van der Waals surface area contributed by atoms with Crippen molar-refractivity contribution in [3.8, 4) is 5.75 Å². The van der Waals surface area contributed by atoms with Gasteiger partial charge in [0.25, 0.3) is 0 Å². The molecule has 1 aromatic rings. The highest BCUT2D eigenvalue weighted by atomic mass is 16.5. The highest BCUT2D eigenvalue weighted by molar-refractivity contribution is 5.46. The van der Waals surface area contributed by atoms with Gasteiger partial charge in [-0.3, -0.25) is 0 Å². The number of pyridine rings is 1. The number of hydrogen-bond donors (Lipinski definition) is 1. The molecule has 0 amide bonds. The normalized spacial score (nSPS) is 17.7. The minimum Gasteiger partial charge on any atom is -0.487 e. The maximum Gasteiger partial charge on any atom is 0.166 e. The summed E-state index contributed by atoms with van der Waals surface area (Å²) in [7, 11) is 0. The van der Waals surface area contributed by atoms with Crippen molar-refractivity contribution >= 4 is 5.82 Å². The predicted octanol–water partition coefficient (Wildman–Crippen LogP) is 2.68. The van der Waals surface area contributed by atoms with Crippen LogP contribution in [-0.2, 0) is 0 Å². The number of rotatable bonds is 2. The van der Waals surface area contributed by atoms with Gasteiger partial charge in [0.1, 0.15) is 0 Å². The Balaban J connectivity index is 2.03. The van der Waals surface area contributed by atoms with Crippen LogP contribution in [0.1, 0.15) is 37.8 Å². The van der Waals surface area contributed by atoms with Crippen molar-refractivity contribution in [2.24, 2.45) is 0 Å². The first-order valence-corrected chi connectivity index (χ1v) is 5.65. The molecule has 1 fully saturated rings. The van der Waals surface area contributed by atoms with Gasteiger partial charge in [-0.25, -0.2) is 4.98 Å². The van der Waals surface area contributed by atoms with Crippen LogP contribution in [0, 0.1) is 6.92 Å². The van der Waals surface area contributed by atoms with Gasteiger partial charge in [-0.15, -0.1) is 0 Å². The zero-order chi connectivity index (χ0) is 10.7. The minimum atomic E-state index is 0.338. The lowest BCUT2D eigenvalue weighted by molar-refractivity contribution is 0.155. The van der Waals surface area contributed by atoms with E-state index in [2.05, 4.69) is 4.98 Å². The molecule has 0 aliphatic heterocycles. The van der Waals surface area contributed by atoms with Crippen molar-refractivity contribution in [1.29, 1.82) is 0 Å². The molecule has 1 heterocycles. The molecular formula is C12H18N2O. The Morgan fingerprint density at radius 1 is 1.27 bits per heavy atom. The molecule has 1 aliphatic rings. The number of ether oxygens (including phenoxy) is 1. The molecule has 0 unspecified atom stereocenters. The van der Waals surface area contributed by atoms with Crippen molar-refractivity contribution < 1.29 is 4.74 Å². The monoisotopic (exact) mass is 206 g/mol. The zero-order valence-electron chi connectivity index (χ0n) is 9.20. The summed E-state index contributed by atoms with van der Waals surface area (Å²) in [6.07, 6.45) is 6.50. The Bertz CT molecular complexity index is 332. The molecule has 3 heteroatoms. The van der Waals surface area contributed by atoms with E-state index in [0.717, 1.165) is 24.3 Å². The van der Waals surface area contributed by atoms with Gasteiger partial charge in [0.15, 0.2) is 11.6 Å². The first-order valence-electron chi connectivity index (χ1n) is 5.65. The van der Waals surface area contributed by atoms with E-state index in [0.29, 0.717) is 11.9 Å². The van der Waals surface area contributed by atoms with E-state index in [1.165, 1.54) is 19.3 Å². The molecule has 15 heavy (non-hydrogen) atoms. The first-order chi connectivity index (χ1) is 7.25. The van der Waals surface area contributed by atoms with Crippen LogP contribution in [0.5, 0.6) is 5.75 Å². The van der Waals surface area contributed by atoms with Crippen molar-refractivity contribution in [2.75, 3.05) is 5.73 Å². The highest BCUT2D eigenvalue weighted by Gasteiger charge is 2.16. The average molecular weight is 206 g/mol. The third-order valence-electron chi connectivity index (χ3n) is 2.87. The lowest BCUT2D eigenvalue weighted by atomic mass is 9.98. The quantitative estimate of drug-likeness (QED) is 0.809. The molecule has 0 aromatic carbocycles. The van der Waals surface area contributed by atoms with Crippen LogP contribution < -0.4 is 10.5 Å². The lowest BCUT2D eigenvalue weighted by Crippen LogP contribution is -2.20. The Hall–Kier alpha value is -1.25. The molecule has 0 saturated heterocycles. The van der Waals surface area contributed by atoms with Gasteiger partial charge in [0.05, 0.1) is 6.10 Å². The van der Waals surface area contributed by atoms with Gasteiger partial charge >= 0.3 is 0 Å². The van der Waals surface area contributed by atoms with Gasteiger partial charge in [0.2, 0.25) is 0 Å². The smallest absolute Gasteiger partial charge is 0.166 e. The van der Waals surface area contributed by atoms with E-state index < -0.39 is 0 Å². The second kappa shape index (κ2) is 4.51. The van der Waals surface area contributed by atoms with Crippen LogP contribution in [0.2, 0.25) is 0 Å². The van der Waals surface area contributed by atoms with E-state index in [1.807, 2.05) is 19.1 Å². The molecule has 2 N–H and O–H groups in total. The van der Waals surface area contributed by atoms with Gasteiger partial charge < -0.3 is 10.5 Å². The standard InChI is InChI=1S/C12H18N2O/c1-9-7-8-11(12(13)14-9)15-10-5-3-2-4-6-10/h7-8,10H,2-6H2,1H3,(H2,13,14). The van der Waals surface area contributed by atoms with E-state index >= 15 is 0 Å². The summed E-state index contributed by atoms with van der Waals surface area (Å²) in [6.45, 7) is 1.93. The number of aromatic nitrogens is 1. The van der Waals surface area contributed by atoms with E-state index in [9.17, 15) is 0 Å². The third-order valence-corrected chi connectivity index (χ3v) is 2.87. The topological polar surface area (TPSA) is 48.1 Å². The van der Waals surface area contributed by atoms with E-state index in [4.69, 9.17) is 10.5 Å². The zero-order valence-corrected chi connectivity index (χ0v) is 9.20. The summed E-state index contributed by atoms with van der Waals surface area (Å²) in [4.78, 5) is 4.19. The van der Waals surface area contributed by atoms with Gasteiger partial charge in [-0.05, 0) is 44.7 Å². The number of aryl methyl sites for hydroxylation is 1. The Morgan fingerprint density at radius 3 is 2.67 bits per heavy atom. The third kappa shape index (κ3) is 2.61. The summed E-state index contributed by atoms with van der Waals surface area (Å²) in [5.74, 6) is 1.26. The maximum atomic E-state index is 5.85. The SMILES string of the molecule is Cc1ccc(OC2CCCCC2)c(N)n1. The number of nitrogens with two attached hydrogens (primary N) is 1. The molecular weight excluding hydrogens is 188 g/mol. The molecule has 0 bridgehead atoms. The molecule has 1 aliphatic carbocycles. The van der Waals surface area contributed by atoms with E-state index in [1.54, 1.807) is 0 Å². The number of hydrogen-bond acceptors (Lipinski definition) is 3. The average Bonchev–Trinajstić information content (AvgIpc) is 2.24. The fourth-order valence-electron chi connectivity index (χ4n) is 2.03. The van der Waals surface area contributed by atoms with E-state index in [-0.39, 0.29) is 0 Å². The van der Waals surface area contributed by atoms with Crippen LogP contribution in [0.4, 0.5) is 5.82 Å². The highest BCUT2D eigenvalue weighted by Crippen LogP contribution is 2.26. The summed E-state index contributed by atoms with van der Waals surface area (Å²) >= 11 is 0. The van der Waals surface area contributed by atoms with Crippen LogP contribution in [-0.4, -0.2) is 11.1 Å². The maximum absolute atomic E-state index is 5.85. The molecule has 0 radical (unpaired) electrons. The molecule has 1 aromatic heterocycles. The van der Waals surface area contributed by atoms with Gasteiger partial charge in [0, 0.05) is 5.69 Å². The number of nitrogens with zero attached hydrogens (tertiary/aromatic N) is 1. The molecule has 82 valence electrons. The molecule has 0 spiro atoms. The Labute approximate surface area is 90.7 Å². The van der Waals surface area contributed by atoms with Crippen LogP contribution in [0.25, 0.3) is 0 Å². The van der Waals surface area contributed by atoms with Crippen LogP contribution in [0.15, 0.2) is 12.1 Å². The lowest BCUT2D eigenvalue weighted by Gasteiger charge is -2.23. The van der Waals surface area contributed by atoms with Crippen molar-refractivity contribution in [3.05, 3.63) is 17.8 Å².